The number of carboxylic acids is 1. The standard InChI is InChI=1S/C26H29F3N6O3/c27-26(28,29)38-20-4-2-1-3-16(20)11-32-24-33-12-19(10-30)23(35-24)34-14-25-7-15-5-17(8-25)22(18(6-15)9-25)31-13-21(36)37/h1-4,12,15,17-18,22,31H,5-9,11,13-14H2,(H,36,37)(H2,32,33,34,35). The first kappa shape index (κ1) is 26.0. The van der Waals surface area contributed by atoms with Crippen molar-refractivity contribution < 1.29 is 27.8 Å². The summed E-state index contributed by atoms with van der Waals surface area (Å²) in [6.07, 6.45) is 1.87. The van der Waals surface area contributed by atoms with Crippen LogP contribution in [0.2, 0.25) is 0 Å². The summed E-state index contributed by atoms with van der Waals surface area (Å²) in [5.41, 5.74) is 0.617. The van der Waals surface area contributed by atoms with Crippen LogP contribution in [0, 0.1) is 34.5 Å². The van der Waals surface area contributed by atoms with Gasteiger partial charge in [-0.05, 0) is 61.3 Å². The number of para-hydroxylation sites is 1. The maximum Gasteiger partial charge on any atom is 0.573 e. The molecule has 6 rings (SSSR count). The zero-order valence-corrected chi connectivity index (χ0v) is 20.6. The minimum absolute atomic E-state index is 0.00268. The zero-order chi connectivity index (χ0) is 26.9. The van der Waals surface area contributed by atoms with Crippen LogP contribution < -0.4 is 20.7 Å². The van der Waals surface area contributed by atoms with Crippen LogP contribution >= 0.6 is 0 Å². The normalized spacial score (nSPS) is 27.5. The SMILES string of the molecule is N#Cc1cnc(NCc2ccccc2OC(F)(F)F)nc1NCC12CC3CC(C1)C(NCC(=O)O)C(C3)C2. The van der Waals surface area contributed by atoms with Crippen LogP contribution in [0.4, 0.5) is 24.9 Å². The fraction of sp³-hybridized carbons (Fsp3) is 0.538. The van der Waals surface area contributed by atoms with Crippen molar-refractivity contribution in [3.8, 4) is 11.8 Å². The van der Waals surface area contributed by atoms with Crippen molar-refractivity contribution >= 4 is 17.7 Å². The Kier molecular flexibility index (Phi) is 7.05. The number of rotatable bonds is 10. The van der Waals surface area contributed by atoms with Crippen molar-refractivity contribution in [1.29, 1.82) is 5.26 Å². The molecule has 1 heterocycles. The summed E-state index contributed by atoms with van der Waals surface area (Å²) < 4.78 is 42.3. The molecule has 0 aliphatic heterocycles. The van der Waals surface area contributed by atoms with E-state index in [0.29, 0.717) is 30.1 Å². The number of carboxylic acid groups (broad SMARTS) is 1. The molecule has 4 aliphatic rings. The average Bonchev–Trinajstić information content (AvgIpc) is 2.85. The highest BCUT2D eigenvalue weighted by Crippen LogP contribution is 2.60. The monoisotopic (exact) mass is 530 g/mol. The van der Waals surface area contributed by atoms with Crippen LogP contribution in [0.3, 0.4) is 0 Å². The van der Waals surface area contributed by atoms with Gasteiger partial charge in [-0.15, -0.1) is 13.2 Å². The first-order chi connectivity index (χ1) is 18.1. The Labute approximate surface area is 217 Å². The average molecular weight is 531 g/mol. The molecule has 0 spiro atoms. The molecule has 4 bridgehead atoms. The van der Waals surface area contributed by atoms with Gasteiger partial charge in [-0.2, -0.15) is 10.2 Å². The third kappa shape index (κ3) is 5.78. The number of anilines is 2. The summed E-state index contributed by atoms with van der Waals surface area (Å²) in [6.45, 7) is 0.607. The van der Waals surface area contributed by atoms with Gasteiger partial charge in [0.25, 0.3) is 0 Å². The highest BCUT2D eigenvalue weighted by Gasteiger charge is 2.55. The van der Waals surface area contributed by atoms with Gasteiger partial charge < -0.3 is 25.8 Å². The molecule has 12 heteroatoms. The largest absolute Gasteiger partial charge is 0.573 e. The number of nitrogens with zero attached hydrogens (tertiary/aromatic N) is 3. The van der Waals surface area contributed by atoms with Crippen molar-refractivity contribution in [3.05, 3.63) is 41.6 Å². The number of benzene rings is 1. The second-order valence-electron chi connectivity index (χ2n) is 10.7. The number of halogens is 3. The third-order valence-electron chi connectivity index (χ3n) is 8.06. The Hall–Kier alpha value is -3.59. The lowest BCUT2D eigenvalue weighted by Gasteiger charge is -2.60. The smallest absolute Gasteiger partial charge is 0.480 e. The molecular weight excluding hydrogens is 501 g/mol. The summed E-state index contributed by atoms with van der Waals surface area (Å²) in [6, 6.07) is 8.15. The lowest BCUT2D eigenvalue weighted by atomic mass is 9.48. The maximum absolute atomic E-state index is 12.7. The van der Waals surface area contributed by atoms with E-state index >= 15 is 0 Å². The third-order valence-corrected chi connectivity index (χ3v) is 8.06. The van der Waals surface area contributed by atoms with Crippen molar-refractivity contribution in [3.63, 3.8) is 0 Å². The van der Waals surface area contributed by atoms with E-state index in [2.05, 4.69) is 36.7 Å². The lowest BCUT2D eigenvalue weighted by Crippen LogP contribution is -2.60. The van der Waals surface area contributed by atoms with Crippen LogP contribution in [0.15, 0.2) is 30.5 Å². The van der Waals surface area contributed by atoms with Gasteiger partial charge in [0.15, 0.2) is 0 Å². The number of nitrogens with one attached hydrogen (secondary N) is 3. The lowest BCUT2D eigenvalue weighted by molar-refractivity contribution is -0.274. The van der Waals surface area contributed by atoms with Crippen LogP contribution in [0.25, 0.3) is 0 Å². The van der Waals surface area contributed by atoms with Gasteiger partial charge in [-0.25, -0.2) is 4.98 Å². The molecule has 1 aromatic heterocycles. The number of aliphatic carboxylic acids is 1. The van der Waals surface area contributed by atoms with Gasteiger partial charge in [0.1, 0.15) is 23.2 Å². The van der Waals surface area contributed by atoms with E-state index in [1.165, 1.54) is 24.4 Å². The molecule has 2 unspecified atom stereocenters. The number of carbonyl (C=O) groups is 1. The van der Waals surface area contributed by atoms with E-state index in [-0.39, 0.29) is 47.4 Å². The van der Waals surface area contributed by atoms with Gasteiger partial charge in [0.05, 0.1) is 12.7 Å². The Morgan fingerprint density at radius 3 is 2.61 bits per heavy atom. The predicted octanol–water partition coefficient (Wildman–Crippen LogP) is 4.14. The van der Waals surface area contributed by atoms with E-state index in [1.54, 1.807) is 6.07 Å². The molecule has 1 aromatic carbocycles. The Balaban J connectivity index is 1.25. The second-order valence-corrected chi connectivity index (χ2v) is 10.7. The maximum atomic E-state index is 12.7. The molecular formula is C26H29F3N6O3. The summed E-state index contributed by atoms with van der Waals surface area (Å²) in [4.78, 5) is 19.7. The van der Waals surface area contributed by atoms with Gasteiger partial charge in [0, 0.05) is 24.7 Å². The van der Waals surface area contributed by atoms with E-state index in [9.17, 15) is 23.2 Å². The van der Waals surface area contributed by atoms with Crippen molar-refractivity contribution in [1.82, 2.24) is 15.3 Å². The Bertz CT molecular complexity index is 1220. The van der Waals surface area contributed by atoms with Crippen LogP contribution in [-0.4, -0.2) is 46.5 Å². The molecule has 0 amide bonds. The topological polar surface area (TPSA) is 132 Å². The quantitative estimate of drug-likeness (QED) is 0.358. The van der Waals surface area contributed by atoms with Crippen molar-refractivity contribution in [2.75, 3.05) is 23.7 Å². The Morgan fingerprint density at radius 1 is 1.18 bits per heavy atom. The fourth-order valence-electron chi connectivity index (χ4n) is 6.95. The molecule has 4 fully saturated rings. The molecule has 4 saturated carbocycles. The highest BCUT2D eigenvalue weighted by molar-refractivity contribution is 5.69. The summed E-state index contributed by atoms with van der Waals surface area (Å²) in [5.74, 6) is 0.882. The van der Waals surface area contributed by atoms with Gasteiger partial charge in [-0.3, -0.25) is 4.79 Å². The van der Waals surface area contributed by atoms with Gasteiger partial charge >= 0.3 is 12.3 Å². The molecule has 2 aromatic rings. The van der Waals surface area contributed by atoms with Crippen LogP contribution in [0.1, 0.15) is 43.2 Å². The number of hydrogen-bond donors (Lipinski definition) is 4. The molecule has 4 aliphatic carbocycles. The molecule has 38 heavy (non-hydrogen) atoms. The van der Waals surface area contributed by atoms with E-state index < -0.39 is 12.3 Å². The predicted molar refractivity (Wildman–Crippen MR) is 131 cm³/mol. The minimum atomic E-state index is -4.80. The van der Waals surface area contributed by atoms with Crippen molar-refractivity contribution in [2.24, 2.45) is 23.2 Å². The molecule has 9 nitrogen and oxygen atoms in total. The second kappa shape index (κ2) is 10.3. The first-order valence-corrected chi connectivity index (χ1v) is 12.7. The van der Waals surface area contributed by atoms with Crippen LogP contribution in [0.5, 0.6) is 5.75 Å². The number of ether oxygens (including phenoxy) is 1. The minimum Gasteiger partial charge on any atom is -0.480 e. The zero-order valence-electron chi connectivity index (χ0n) is 20.6. The molecule has 0 radical (unpaired) electrons. The number of alkyl halides is 3. The van der Waals surface area contributed by atoms with Gasteiger partial charge in [0.2, 0.25) is 5.95 Å². The van der Waals surface area contributed by atoms with E-state index in [4.69, 9.17) is 5.11 Å². The number of nitriles is 1. The number of hydrogen-bond acceptors (Lipinski definition) is 8. The van der Waals surface area contributed by atoms with Crippen molar-refractivity contribution in [2.45, 2.75) is 51.1 Å². The van der Waals surface area contributed by atoms with Crippen LogP contribution in [-0.2, 0) is 11.3 Å². The summed E-state index contributed by atoms with van der Waals surface area (Å²) >= 11 is 0. The molecule has 2 atom stereocenters. The first-order valence-electron chi connectivity index (χ1n) is 12.7. The van der Waals surface area contributed by atoms with E-state index in [0.717, 1.165) is 32.1 Å². The molecule has 4 N–H and O–H groups in total. The Morgan fingerprint density at radius 2 is 1.92 bits per heavy atom. The number of aromatic nitrogens is 2. The fourth-order valence-corrected chi connectivity index (χ4v) is 6.95. The summed E-state index contributed by atoms with van der Waals surface area (Å²) in [7, 11) is 0. The van der Waals surface area contributed by atoms with Gasteiger partial charge in [-0.1, -0.05) is 18.2 Å². The van der Waals surface area contributed by atoms with E-state index in [1.807, 2.05) is 0 Å². The molecule has 202 valence electrons. The highest BCUT2D eigenvalue weighted by atomic mass is 19.4. The summed E-state index contributed by atoms with van der Waals surface area (Å²) in [5, 5.41) is 28.2. The molecule has 0 saturated heterocycles.